The average Bonchev–Trinajstić information content (AvgIpc) is 2.82. The molecule has 8 heteroatoms. The Kier molecular flexibility index (Phi) is 9.39. The summed E-state index contributed by atoms with van der Waals surface area (Å²) in [5.41, 5.74) is 2.09. The highest BCUT2D eigenvalue weighted by Gasteiger charge is 2.28. The number of carbonyl (C=O) groups is 1. The first-order valence-corrected chi connectivity index (χ1v) is 13.9. The maximum Gasteiger partial charge on any atom is 0.264 e. The smallest absolute Gasteiger partial charge is 0.264 e. The zero-order chi connectivity index (χ0) is 24.7. The fraction of sp³-hybridized carbons (Fsp3) is 0.500. The number of piperidine rings is 1. The summed E-state index contributed by atoms with van der Waals surface area (Å²) in [6.07, 6.45) is 5.75. The van der Waals surface area contributed by atoms with E-state index in [1.807, 2.05) is 13.8 Å². The summed E-state index contributed by atoms with van der Waals surface area (Å²) in [5.74, 6) is -0.333. The quantitative estimate of drug-likeness (QED) is 0.465. The molecule has 1 N–H and O–H groups in total. The van der Waals surface area contributed by atoms with Crippen molar-refractivity contribution in [1.29, 1.82) is 0 Å². The van der Waals surface area contributed by atoms with E-state index in [1.165, 1.54) is 19.3 Å². The molecule has 186 valence electrons. The first kappa shape index (κ1) is 26.5. The molecule has 1 aliphatic heterocycles. The van der Waals surface area contributed by atoms with Gasteiger partial charge in [0.25, 0.3) is 10.0 Å². The van der Waals surface area contributed by atoms with E-state index in [0.717, 1.165) is 41.4 Å². The number of hydrogen-bond acceptors (Lipinski definition) is 4. The maximum atomic E-state index is 13.5. The van der Waals surface area contributed by atoms with Crippen molar-refractivity contribution >= 4 is 33.2 Å². The molecule has 0 bridgehead atoms. The Morgan fingerprint density at radius 1 is 1.15 bits per heavy atom. The third-order valence-corrected chi connectivity index (χ3v) is 8.51. The van der Waals surface area contributed by atoms with E-state index in [1.54, 1.807) is 42.5 Å². The van der Waals surface area contributed by atoms with Crippen LogP contribution in [0.25, 0.3) is 0 Å². The fourth-order valence-electron chi connectivity index (χ4n) is 4.50. The topological polar surface area (TPSA) is 69.7 Å². The highest BCUT2D eigenvalue weighted by molar-refractivity contribution is 7.92. The lowest BCUT2D eigenvalue weighted by atomic mass is 10.00. The largest absolute Gasteiger partial charge is 0.354 e. The number of amides is 1. The molecule has 2 aromatic rings. The number of carbonyl (C=O) groups excluding carboxylic acids is 1. The van der Waals surface area contributed by atoms with Gasteiger partial charge in [0.2, 0.25) is 5.91 Å². The van der Waals surface area contributed by atoms with Crippen LogP contribution in [0.1, 0.15) is 50.2 Å². The summed E-state index contributed by atoms with van der Waals surface area (Å²) in [4.78, 5) is 15.5. The number of likely N-dealkylation sites (tertiary alicyclic amines) is 1. The molecular weight excluding hydrogens is 470 g/mol. The second kappa shape index (κ2) is 12.0. The van der Waals surface area contributed by atoms with Crippen LogP contribution in [0.2, 0.25) is 5.02 Å². The van der Waals surface area contributed by atoms with E-state index in [0.29, 0.717) is 23.3 Å². The van der Waals surface area contributed by atoms with Crippen molar-refractivity contribution in [2.24, 2.45) is 0 Å². The minimum absolute atomic E-state index is 0.140. The summed E-state index contributed by atoms with van der Waals surface area (Å²) < 4.78 is 28.2. The lowest BCUT2D eigenvalue weighted by Crippen LogP contribution is -2.43. The molecule has 0 aromatic heterocycles. The molecule has 1 fully saturated rings. The molecule has 34 heavy (non-hydrogen) atoms. The SMILES string of the molecule is CCC1CCCCN1CCCNC(=O)CN(c1cc(Cl)ccc1C)S(=O)(=O)c1ccc(C)cc1. The normalized spacial score (nSPS) is 16.9. The summed E-state index contributed by atoms with van der Waals surface area (Å²) in [5, 5.41) is 3.33. The molecule has 1 unspecified atom stereocenters. The number of hydrogen-bond donors (Lipinski definition) is 1. The van der Waals surface area contributed by atoms with E-state index >= 15 is 0 Å². The standard InChI is InChI=1S/C26H36ClN3O3S/c1-4-23-8-5-6-16-29(23)17-7-15-28-26(31)19-30(25-18-22(27)12-11-21(25)3)34(32,33)24-13-9-20(2)10-14-24/h9-14,18,23H,4-8,15-17,19H2,1-3H3,(H,28,31). The predicted molar refractivity (Wildman–Crippen MR) is 139 cm³/mol. The highest BCUT2D eigenvalue weighted by Crippen LogP contribution is 2.29. The second-order valence-electron chi connectivity index (χ2n) is 9.05. The Bertz CT molecular complexity index is 1070. The van der Waals surface area contributed by atoms with Crippen molar-refractivity contribution in [1.82, 2.24) is 10.2 Å². The Labute approximate surface area is 209 Å². The first-order chi connectivity index (χ1) is 16.2. The molecule has 6 nitrogen and oxygen atoms in total. The van der Waals surface area contributed by atoms with Gasteiger partial charge in [-0.15, -0.1) is 0 Å². The molecule has 0 saturated carbocycles. The highest BCUT2D eigenvalue weighted by atomic mass is 35.5. The lowest BCUT2D eigenvalue weighted by Gasteiger charge is -2.35. The summed E-state index contributed by atoms with van der Waals surface area (Å²) in [6.45, 7) is 8.20. The van der Waals surface area contributed by atoms with Crippen LogP contribution in [0.5, 0.6) is 0 Å². The molecule has 2 aromatic carbocycles. The van der Waals surface area contributed by atoms with E-state index in [9.17, 15) is 13.2 Å². The summed E-state index contributed by atoms with van der Waals surface area (Å²) in [7, 11) is -3.96. The number of anilines is 1. The Morgan fingerprint density at radius 3 is 2.59 bits per heavy atom. The molecule has 1 amide bonds. The van der Waals surface area contributed by atoms with Crippen molar-refractivity contribution in [3.63, 3.8) is 0 Å². The van der Waals surface area contributed by atoms with Crippen molar-refractivity contribution in [2.45, 2.75) is 63.8 Å². The third-order valence-electron chi connectivity index (χ3n) is 6.50. The van der Waals surface area contributed by atoms with Crippen molar-refractivity contribution < 1.29 is 13.2 Å². The number of aryl methyl sites for hydroxylation is 2. The molecule has 1 heterocycles. The first-order valence-electron chi connectivity index (χ1n) is 12.1. The van der Waals surface area contributed by atoms with Gasteiger partial charge in [-0.25, -0.2) is 8.42 Å². The van der Waals surface area contributed by atoms with Gasteiger partial charge in [0, 0.05) is 24.2 Å². The molecule has 1 saturated heterocycles. The molecule has 3 rings (SSSR count). The average molecular weight is 506 g/mol. The van der Waals surface area contributed by atoms with E-state index in [-0.39, 0.29) is 17.3 Å². The molecule has 0 spiro atoms. The van der Waals surface area contributed by atoms with Gasteiger partial charge < -0.3 is 10.2 Å². The number of halogens is 1. The van der Waals surface area contributed by atoms with E-state index in [4.69, 9.17) is 11.6 Å². The Hall–Kier alpha value is -2.09. The van der Waals surface area contributed by atoms with Crippen LogP contribution in [0.15, 0.2) is 47.4 Å². The van der Waals surface area contributed by atoms with Crippen LogP contribution in [0.4, 0.5) is 5.69 Å². The van der Waals surface area contributed by atoms with E-state index in [2.05, 4.69) is 17.1 Å². The maximum absolute atomic E-state index is 13.5. The van der Waals surface area contributed by atoms with Gasteiger partial charge in [0.15, 0.2) is 0 Å². The minimum Gasteiger partial charge on any atom is -0.354 e. The molecule has 0 aliphatic carbocycles. The second-order valence-corrected chi connectivity index (χ2v) is 11.4. The number of benzene rings is 2. The van der Waals surface area contributed by atoms with Gasteiger partial charge in [-0.2, -0.15) is 0 Å². The van der Waals surface area contributed by atoms with Gasteiger partial charge in [0.1, 0.15) is 6.54 Å². The predicted octanol–water partition coefficient (Wildman–Crippen LogP) is 4.92. The van der Waals surface area contributed by atoms with Gasteiger partial charge in [0.05, 0.1) is 10.6 Å². The number of nitrogens with zero attached hydrogens (tertiary/aromatic N) is 2. The Morgan fingerprint density at radius 2 is 1.88 bits per heavy atom. The number of nitrogens with one attached hydrogen (secondary N) is 1. The molecule has 1 atom stereocenters. The van der Waals surface area contributed by atoms with Crippen molar-refractivity contribution in [3.05, 3.63) is 58.6 Å². The van der Waals surface area contributed by atoms with Crippen LogP contribution in [-0.4, -0.2) is 51.4 Å². The van der Waals surface area contributed by atoms with Crippen LogP contribution >= 0.6 is 11.6 Å². The fourth-order valence-corrected chi connectivity index (χ4v) is 6.15. The zero-order valence-corrected chi connectivity index (χ0v) is 22.0. The zero-order valence-electron chi connectivity index (χ0n) is 20.4. The van der Waals surface area contributed by atoms with Gasteiger partial charge in [-0.05, 0) is 75.9 Å². The van der Waals surface area contributed by atoms with Gasteiger partial charge >= 0.3 is 0 Å². The third kappa shape index (κ3) is 6.74. The summed E-state index contributed by atoms with van der Waals surface area (Å²) >= 11 is 6.19. The number of rotatable bonds is 10. The molecular formula is C26H36ClN3O3S. The van der Waals surface area contributed by atoms with Crippen LogP contribution in [-0.2, 0) is 14.8 Å². The molecule has 1 aliphatic rings. The number of sulfonamides is 1. The Balaban J connectivity index is 1.71. The van der Waals surface area contributed by atoms with Gasteiger partial charge in [-0.3, -0.25) is 9.10 Å². The minimum atomic E-state index is -3.96. The van der Waals surface area contributed by atoms with Crippen molar-refractivity contribution in [2.75, 3.05) is 30.5 Å². The van der Waals surface area contributed by atoms with E-state index < -0.39 is 10.0 Å². The summed E-state index contributed by atoms with van der Waals surface area (Å²) in [6, 6.07) is 12.3. The monoisotopic (exact) mass is 505 g/mol. The van der Waals surface area contributed by atoms with Crippen molar-refractivity contribution in [3.8, 4) is 0 Å². The lowest BCUT2D eigenvalue weighted by molar-refractivity contribution is -0.119. The van der Waals surface area contributed by atoms with Crippen LogP contribution in [0.3, 0.4) is 0 Å². The van der Waals surface area contributed by atoms with Gasteiger partial charge in [-0.1, -0.05) is 48.7 Å². The molecule has 0 radical (unpaired) electrons. The van der Waals surface area contributed by atoms with Crippen LogP contribution in [0, 0.1) is 13.8 Å². The van der Waals surface area contributed by atoms with Crippen LogP contribution < -0.4 is 9.62 Å².